The Kier molecular flexibility index (Phi) is 3.43. The summed E-state index contributed by atoms with van der Waals surface area (Å²) in [6.45, 7) is 0. The van der Waals surface area contributed by atoms with Crippen LogP contribution >= 0.6 is 0 Å². The zero-order chi connectivity index (χ0) is 13.0. The van der Waals surface area contributed by atoms with Crippen LogP contribution < -0.4 is 0 Å². The van der Waals surface area contributed by atoms with E-state index >= 15 is 0 Å². The first-order valence-electron chi connectivity index (χ1n) is 5.23. The lowest BCUT2D eigenvalue weighted by Gasteiger charge is -2.05. The molecule has 0 bridgehead atoms. The van der Waals surface area contributed by atoms with E-state index in [0.29, 0.717) is 0 Å². The minimum Gasteiger partial charge on any atom is -0.464 e. The van der Waals surface area contributed by atoms with Crippen LogP contribution in [0.4, 0.5) is 0 Å². The van der Waals surface area contributed by atoms with E-state index in [0.717, 1.165) is 0 Å². The number of methoxy groups -OCH3 is 1. The maximum absolute atomic E-state index is 12.2. The van der Waals surface area contributed by atoms with Crippen molar-refractivity contribution in [2.24, 2.45) is 0 Å². The van der Waals surface area contributed by atoms with E-state index in [4.69, 9.17) is 0 Å². The van der Waals surface area contributed by atoms with Crippen molar-refractivity contribution in [3.63, 3.8) is 0 Å². The van der Waals surface area contributed by atoms with Crippen molar-refractivity contribution in [1.82, 2.24) is 9.97 Å². The van der Waals surface area contributed by atoms with Crippen LogP contribution in [0.2, 0.25) is 0 Å². The van der Waals surface area contributed by atoms with E-state index < -0.39 is 5.97 Å². The molecule has 5 nitrogen and oxygen atoms in total. The summed E-state index contributed by atoms with van der Waals surface area (Å²) in [4.78, 5) is 31.5. The Morgan fingerprint density at radius 3 is 2.50 bits per heavy atom. The van der Waals surface area contributed by atoms with Crippen LogP contribution in [0.3, 0.4) is 0 Å². The first kappa shape index (κ1) is 11.9. The number of esters is 1. The average molecular weight is 242 g/mol. The van der Waals surface area contributed by atoms with Gasteiger partial charge in [-0.1, -0.05) is 6.07 Å². The highest BCUT2D eigenvalue weighted by atomic mass is 16.5. The molecule has 2 heterocycles. The van der Waals surface area contributed by atoms with Gasteiger partial charge >= 0.3 is 5.97 Å². The van der Waals surface area contributed by atoms with Gasteiger partial charge in [-0.25, -0.2) is 9.78 Å². The Labute approximate surface area is 103 Å². The van der Waals surface area contributed by atoms with Crippen molar-refractivity contribution in [3.8, 4) is 0 Å². The number of rotatable bonds is 3. The van der Waals surface area contributed by atoms with Crippen molar-refractivity contribution in [3.05, 3.63) is 59.7 Å². The molecule has 0 aromatic carbocycles. The number of nitrogens with zero attached hydrogens (tertiary/aromatic N) is 2. The van der Waals surface area contributed by atoms with E-state index in [1.165, 1.54) is 25.6 Å². The van der Waals surface area contributed by atoms with Gasteiger partial charge in [0.1, 0.15) is 5.69 Å². The van der Waals surface area contributed by atoms with Crippen LogP contribution in [0.25, 0.3) is 0 Å². The molecule has 0 radical (unpaired) electrons. The zero-order valence-corrected chi connectivity index (χ0v) is 9.66. The molecule has 90 valence electrons. The Morgan fingerprint density at radius 1 is 1.06 bits per heavy atom. The van der Waals surface area contributed by atoms with Gasteiger partial charge in [0.05, 0.1) is 12.7 Å². The molecule has 0 aliphatic rings. The van der Waals surface area contributed by atoms with Gasteiger partial charge in [0.2, 0.25) is 5.78 Å². The Hall–Kier alpha value is -2.56. The van der Waals surface area contributed by atoms with Crippen LogP contribution in [0, 0.1) is 0 Å². The summed E-state index contributed by atoms with van der Waals surface area (Å²) in [7, 11) is 1.24. The number of carbonyl (C=O) groups excluding carboxylic acids is 2. The summed E-state index contributed by atoms with van der Waals surface area (Å²) in [5, 5.41) is 0. The predicted octanol–water partition coefficient (Wildman–Crippen LogP) is 1.49. The Morgan fingerprint density at radius 2 is 1.83 bits per heavy atom. The highest BCUT2D eigenvalue weighted by Crippen LogP contribution is 2.11. The van der Waals surface area contributed by atoms with Crippen LogP contribution in [-0.4, -0.2) is 28.8 Å². The van der Waals surface area contributed by atoms with E-state index in [9.17, 15) is 9.59 Å². The third kappa shape index (κ3) is 2.24. The molecule has 2 aromatic rings. The molecule has 0 amide bonds. The number of carbonyl (C=O) groups is 2. The van der Waals surface area contributed by atoms with Crippen LogP contribution in [0.15, 0.2) is 42.7 Å². The molecule has 0 atom stereocenters. The van der Waals surface area contributed by atoms with Gasteiger partial charge in [0, 0.05) is 12.4 Å². The number of aromatic nitrogens is 2. The summed E-state index contributed by atoms with van der Waals surface area (Å²) >= 11 is 0. The molecule has 0 saturated carbocycles. The highest BCUT2D eigenvalue weighted by Gasteiger charge is 2.20. The van der Waals surface area contributed by atoms with Crippen LogP contribution in [0.5, 0.6) is 0 Å². The number of ketones is 1. The molecule has 0 aliphatic heterocycles. The summed E-state index contributed by atoms with van der Waals surface area (Å²) in [6.07, 6.45) is 2.95. The van der Waals surface area contributed by atoms with Gasteiger partial charge in [-0.15, -0.1) is 0 Å². The predicted molar refractivity (Wildman–Crippen MR) is 63.2 cm³/mol. The molecule has 5 heteroatoms. The fourth-order valence-electron chi connectivity index (χ4n) is 1.48. The molecule has 0 aliphatic carbocycles. The van der Waals surface area contributed by atoms with E-state index in [1.54, 1.807) is 24.3 Å². The fourth-order valence-corrected chi connectivity index (χ4v) is 1.48. The highest BCUT2D eigenvalue weighted by molar-refractivity contribution is 6.12. The maximum Gasteiger partial charge on any atom is 0.357 e. The molecule has 0 spiro atoms. The molecule has 0 N–H and O–H groups in total. The van der Waals surface area contributed by atoms with Crippen LogP contribution in [-0.2, 0) is 4.74 Å². The number of ether oxygens (including phenoxy) is 1. The van der Waals surface area contributed by atoms with Crippen molar-refractivity contribution >= 4 is 11.8 Å². The van der Waals surface area contributed by atoms with Gasteiger partial charge < -0.3 is 4.74 Å². The van der Waals surface area contributed by atoms with Crippen molar-refractivity contribution < 1.29 is 14.3 Å². The number of hydrogen-bond acceptors (Lipinski definition) is 5. The topological polar surface area (TPSA) is 69.2 Å². The third-order valence-electron chi connectivity index (χ3n) is 2.33. The first-order valence-corrected chi connectivity index (χ1v) is 5.23. The summed E-state index contributed by atoms with van der Waals surface area (Å²) in [5.41, 5.74) is 0.439. The van der Waals surface area contributed by atoms with Crippen molar-refractivity contribution in [2.45, 2.75) is 0 Å². The molecule has 2 rings (SSSR count). The van der Waals surface area contributed by atoms with E-state index in [1.807, 2.05) is 0 Å². The minimum absolute atomic E-state index is 0.00402. The molecule has 18 heavy (non-hydrogen) atoms. The monoisotopic (exact) mass is 242 g/mol. The largest absolute Gasteiger partial charge is 0.464 e. The standard InChI is InChI=1S/C13H10N2O3/c1-18-13(17)11-9(5-4-8-15-11)12(16)10-6-2-3-7-14-10/h2-8H,1H3. The molecule has 0 unspecified atom stereocenters. The maximum atomic E-state index is 12.2. The molecule has 0 saturated heterocycles. The summed E-state index contributed by atoms with van der Waals surface area (Å²) in [6, 6.07) is 8.10. The van der Waals surface area contributed by atoms with E-state index in [-0.39, 0.29) is 22.7 Å². The summed E-state index contributed by atoms with van der Waals surface area (Å²) < 4.78 is 4.59. The van der Waals surface area contributed by atoms with Gasteiger partial charge in [-0.3, -0.25) is 9.78 Å². The lowest BCUT2D eigenvalue weighted by molar-refractivity contribution is 0.0590. The van der Waals surface area contributed by atoms with Gasteiger partial charge in [-0.05, 0) is 24.3 Å². The second-order valence-electron chi connectivity index (χ2n) is 3.44. The first-order chi connectivity index (χ1) is 8.74. The third-order valence-corrected chi connectivity index (χ3v) is 2.33. The molecular weight excluding hydrogens is 232 g/mol. The lowest BCUT2D eigenvalue weighted by Crippen LogP contribution is -2.14. The zero-order valence-electron chi connectivity index (χ0n) is 9.66. The number of pyridine rings is 2. The van der Waals surface area contributed by atoms with Gasteiger partial charge in [0.15, 0.2) is 5.69 Å². The smallest absolute Gasteiger partial charge is 0.357 e. The molecular formula is C13H10N2O3. The quantitative estimate of drug-likeness (QED) is 0.602. The summed E-state index contributed by atoms with van der Waals surface area (Å²) in [5.74, 6) is -1.00. The molecule has 0 fully saturated rings. The van der Waals surface area contributed by atoms with Gasteiger partial charge in [0.25, 0.3) is 0 Å². The van der Waals surface area contributed by atoms with Crippen molar-refractivity contribution in [1.29, 1.82) is 0 Å². The average Bonchev–Trinajstić information content (AvgIpc) is 2.46. The molecule has 2 aromatic heterocycles. The second-order valence-corrected chi connectivity index (χ2v) is 3.44. The van der Waals surface area contributed by atoms with Crippen LogP contribution in [0.1, 0.15) is 26.5 Å². The second kappa shape index (κ2) is 5.18. The van der Waals surface area contributed by atoms with Gasteiger partial charge in [-0.2, -0.15) is 0 Å². The lowest BCUT2D eigenvalue weighted by atomic mass is 10.1. The Balaban J connectivity index is 2.46. The van der Waals surface area contributed by atoms with Crippen molar-refractivity contribution in [2.75, 3.05) is 7.11 Å². The minimum atomic E-state index is -0.644. The Bertz CT molecular complexity index is 582. The van der Waals surface area contributed by atoms with E-state index in [2.05, 4.69) is 14.7 Å². The normalized spacial score (nSPS) is 9.83. The fraction of sp³-hybridized carbons (Fsp3) is 0.0769. The SMILES string of the molecule is COC(=O)c1ncccc1C(=O)c1ccccn1. The number of hydrogen-bond donors (Lipinski definition) is 0.